The summed E-state index contributed by atoms with van der Waals surface area (Å²) in [6.07, 6.45) is 4.44. The van der Waals surface area contributed by atoms with Gasteiger partial charge in [-0.1, -0.05) is 13.8 Å². The zero-order valence-corrected chi connectivity index (χ0v) is 8.64. The minimum absolute atomic E-state index is 0.751. The molecule has 0 bridgehead atoms. The fraction of sp³-hybridized carbons (Fsp3) is 1.00. The first-order valence-corrected chi connectivity index (χ1v) is 5.30. The molecule has 1 heterocycles. The topological polar surface area (TPSA) is 3.24 Å². The Bertz CT molecular complexity index is 170. The first-order valence-electron chi connectivity index (χ1n) is 5.30. The van der Waals surface area contributed by atoms with Crippen molar-refractivity contribution in [3.05, 3.63) is 0 Å². The van der Waals surface area contributed by atoms with Crippen LogP contribution in [0.1, 0.15) is 33.1 Å². The summed E-state index contributed by atoms with van der Waals surface area (Å²) in [5.74, 6) is 1.94. The third kappa shape index (κ3) is 1.28. The van der Waals surface area contributed by atoms with Gasteiger partial charge in [-0.25, -0.2) is 0 Å². The minimum Gasteiger partial charge on any atom is -0.305 e. The van der Waals surface area contributed by atoms with Crippen LogP contribution in [-0.2, 0) is 0 Å². The standard InChI is InChI=1S/C11H21N/c1-9-4-5-11(6-10(9)2)7-12(3)8-11/h9-10H,4-8H2,1-3H3. The van der Waals surface area contributed by atoms with Crippen LogP contribution in [0.15, 0.2) is 0 Å². The van der Waals surface area contributed by atoms with Gasteiger partial charge in [-0.3, -0.25) is 0 Å². The van der Waals surface area contributed by atoms with Crippen molar-refractivity contribution in [2.45, 2.75) is 33.1 Å². The predicted molar refractivity (Wildman–Crippen MR) is 52.1 cm³/mol. The molecule has 0 aromatic carbocycles. The average Bonchev–Trinajstić information content (AvgIpc) is 1.95. The van der Waals surface area contributed by atoms with E-state index >= 15 is 0 Å². The molecule has 1 nitrogen and oxygen atoms in total. The van der Waals surface area contributed by atoms with Crippen molar-refractivity contribution in [1.29, 1.82) is 0 Å². The van der Waals surface area contributed by atoms with Crippen molar-refractivity contribution in [2.75, 3.05) is 20.1 Å². The maximum Gasteiger partial charge on any atom is 0.00475 e. The van der Waals surface area contributed by atoms with Gasteiger partial charge >= 0.3 is 0 Å². The summed E-state index contributed by atoms with van der Waals surface area (Å²) in [5.41, 5.74) is 0.751. The van der Waals surface area contributed by atoms with Crippen LogP contribution in [0.3, 0.4) is 0 Å². The second-order valence-corrected chi connectivity index (χ2v) is 5.37. The normalized spacial score (nSPS) is 41.2. The highest BCUT2D eigenvalue weighted by Crippen LogP contribution is 2.47. The summed E-state index contributed by atoms with van der Waals surface area (Å²) in [5, 5.41) is 0. The van der Waals surface area contributed by atoms with E-state index in [0.29, 0.717) is 0 Å². The summed E-state index contributed by atoms with van der Waals surface area (Å²) in [6.45, 7) is 7.58. The third-order valence-corrected chi connectivity index (χ3v) is 4.07. The number of nitrogens with zero attached hydrogens (tertiary/aromatic N) is 1. The van der Waals surface area contributed by atoms with Crippen molar-refractivity contribution in [1.82, 2.24) is 4.90 Å². The Morgan fingerprint density at radius 2 is 1.83 bits per heavy atom. The summed E-state index contributed by atoms with van der Waals surface area (Å²) < 4.78 is 0. The summed E-state index contributed by atoms with van der Waals surface area (Å²) >= 11 is 0. The van der Waals surface area contributed by atoms with E-state index in [1.165, 1.54) is 32.4 Å². The molecular weight excluding hydrogens is 146 g/mol. The van der Waals surface area contributed by atoms with Gasteiger partial charge in [0.25, 0.3) is 0 Å². The van der Waals surface area contributed by atoms with E-state index < -0.39 is 0 Å². The fourth-order valence-corrected chi connectivity index (χ4v) is 3.19. The van der Waals surface area contributed by atoms with Crippen LogP contribution in [0.4, 0.5) is 0 Å². The Kier molecular flexibility index (Phi) is 1.95. The first kappa shape index (κ1) is 8.55. The van der Waals surface area contributed by atoms with Crippen molar-refractivity contribution >= 4 is 0 Å². The van der Waals surface area contributed by atoms with E-state index in [9.17, 15) is 0 Å². The Labute approximate surface area is 76.1 Å². The molecule has 70 valence electrons. The van der Waals surface area contributed by atoms with Crippen LogP contribution in [0.5, 0.6) is 0 Å². The molecule has 1 aliphatic carbocycles. The summed E-state index contributed by atoms with van der Waals surface area (Å²) in [4.78, 5) is 2.46. The highest BCUT2D eigenvalue weighted by atomic mass is 15.2. The number of likely N-dealkylation sites (tertiary alicyclic amines) is 1. The maximum absolute atomic E-state index is 2.46. The lowest BCUT2D eigenvalue weighted by atomic mass is 9.62. The monoisotopic (exact) mass is 167 g/mol. The van der Waals surface area contributed by atoms with Gasteiger partial charge in [0.2, 0.25) is 0 Å². The van der Waals surface area contributed by atoms with E-state index in [-0.39, 0.29) is 0 Å². The largest absolute Gasteiger partial charge is 0.305 e. The van der Waals surface area contributed by atoms with Crippen LogP contribution in [0.25, 0.3) is 0 Å². The van der Waals surface area contributed by atoms with E-state index in [1.807, 2.05) is 0 Å². The van der Waals surface area contributed by atoms with Gasteiger partial charge in [0.1, 0.15) is 0 Å². The molecule has 1 aliphatic heterocycles. The summed E-state index contributed by atoms with van der Waals surface area (Å²) in [7, 11) is 2.24. The van der Waals surface area contributed by atoms with Gasteiger partial charge in [0.15, 0.2) is 0 Å². The van der Waals surface area contributed by atoms with Crippen LogP contribution < -0.4 is 0 Å². The van der Waals surface area contributed by atoms with Gasteiger partial charge in [-0.2, -0.15) is 0 Å². The molecule has 0 N–H and O–H groups in total. The average molecular weight is 167 g/mol. The van der Waals surface area contributed by atoms with Crippen LogP contribution in [0.2, 0.25) is 0 Å². The fourth-order valence-electron chi connectivity index (χ4n) is 3.19. The van der Waals surface area contributed by atoms with Gasteiger partial charge in [0.05, 0.1) is 0 Å². The number of hydrogen-bond acceptors (Lipinski definition) is 1. The zero-order valence-electron chi connectivity index (χ0n) is 8.64. The minimum atomic E-state index is 0.751. The maximum atomic E-state index is 2.46. The third-order valence-electron chi connectivity index (χ3n) is 4.07. The molecule has 1 saturated carbocycles. The zero-order chi connectivity index (χ0) is 8.77. The molecule has 2 atom stereocenters. The Balaban J connectivity index is 1.95. The number of hydrogen-bond donors (Lipinski definition) is 0. The van der Waals surface area contributed by atoms with Crippen molar-refractivity contribution in [3.8, 4) is 0 Å². The molecule has 2 aliphatic rings. The SMILES string of the molecule is CC1CCC2(CC1C)CN(C)C2. The summed E-state index contributed by atoms with van der Waals surface area (Å²) in [6, 6.07) is 0. The highest BCUT2D eigenvalue weighted by molar-refractivity contribution is 4.97. The van der Waals surface area contributed by atoms with E-state index in [4.69, 9.17) is 0 Å². The molecular formula is C11H21N. The van der Waals surface area contributed by atoms with Crippen molar-refractivity contribution in [2.24, 2.45) is 17.3 Å². The highest BCUT2D eigenvalue weighted by Gasteiger charge is 2.44. The molecule has 0 aromatic rings. The second kappa shape index (κ2) is 2.73. The Morgan fingerprint density at radius 3 is 2.33 bits per heavy atom. The lowest BCUT2D eigenvalue weighted by molar-refractivity contribution is -0.0384. The molecule has 12 heavy (non-hydrogen) atoms. The molecule has 1 saturated heterocycles. The predicted octanol–water partition coefficient (Wildman–Crippen LogP) is 2.37. The van der Waals surface area contributed by atoms with E-state index in [1.54, 1.807) is 0 Å². The molecule has 2 unspecified atom stereocenters. The van der Waals surface area contributed by atoms with E-state index in [0.717, 1.165) is 17.3 Å². The number of rotatable bonds is 0. The molecule has 1 heteroatoms. The molecule has 2 fully saturated rings. The molecule has 0 amide bonds. The Morgan fingerprint density at radius 1 is 1.17 bits per heavy atom. The van der Waals surface area contributed by atoms with Crippen molar-refractivity contribution in [3.63, 3.8) is 0 Å². The van der Waals surface area contributed by atoms with Gasteiger partial charge in [-0.05, 0) is 43.6 Å². The van der Waals surface area contributed by atoms with Crippen molar-refractivity contribution < 1.29 is 0 Å². The molecule has 1 spiro atoms. The van der Waals surface area contributed by atoms with Crippen LogP contribution in [-0.4, -0.2) is 25.0 Å². The van der Waals surface area contributed by atoms with Gasteiger partial charge in [-0.15, -0.1) is 0 Å². The molecule has 0 radical (unpaired) electrons. The quantitative estimate of drug-likeness (QED) is 0.535. The Hall–Kier alpha value is -0.0400. The molecule has 2 rings (SSSR count). The van der Waals surface area contributed by atoms with Gasteiger partial charge in [0, 0.05) is 13.1 Å². The van der Waals surface area contributed by atoms with Gasteiger partial charge < -0.3 is 4.90 Å². The van der Waals surface area contributed by atoms with Crippen LogP contribution in [0, 0.1) is 17.3 Å². The van der Waals surface area contributed by atoms with E-state index in [2.05, 4.69) is 25.8 Å². The lowest BCUT2D eigenvalue weighted by Crippen LogP contribution is -2.56. The first-order chi connectivity index (χ1) is 5.61. The molecule has 0 aromatic heterocycles. The van der Waals surface area contributed by atoms with Crippen LogP contribution >= 0.6 is 0 Å². The smallest absolute Gasteiger partial charge is 0.00475 e. The lowest BCUT2D eigenvalue weighted by Gasteiger charge is -2.54. The second-order valence-electron chi connectivity index (χ2n) is 5.37.